The molecular weight excluding hydrogens is 162 g/mol. The minimum absolute atomic E-state index is 0.207. The Labute approximate surface area is 70.2 Å². The number of hydrogen-bond donors (Lipinski definition) is 1. The Morgan fingerprint density at radius 1 is 1.36 bits per heavy atom. The van der Waals surface area contributed by atoms with Gasteiger partial charge in [0.2, 0.25) is 0 Å². The third kappa shape index (κ3) is 1.95. The van der Waals surface area contributed by atoms with Crippen LogP contribution in [-0.4, -0.2) is 5.91 Å². The van der Waals surface area contributed by atoms with Crippen molar-refractivity contribution in [3.05, 3.63) is 41.9 Å². The fraction of sp³-hybridized carbons (Fsp3) is 0. The molecule has 0 aliphatic heterocycles. The predicted molar refractivity (Wildman–Crippen MR) is 44.3 cm³/mol. The summed E-state index contributed by atoms with van der Waals surface area (Å²) < 4.78 is 0. The van der Waals surface area contributed by atoms with Gasteiger partial charge < -0.3 is 5.32 Å². The summed E-state index contributed by atoms with van der Waals surface area (Å²) in [6.45, 7) is 0. The van der Waals surface area contributed by atoms with Crippen molar-refractivity contribution in [3.63, 3.8) is 0 Å². The van der Waals surface area contributed by atoms with E-state index < -0.39 is 0 Å². The van der Waals surface area contributed by atoms with E-state index in [2.05, 4.69) is 12.4 Å². The van der Waals surface area contributed by atoms with E-state index in [-0.39, 0.29) is 5.91 Å². The van der Waals surface area contributed by atoms with Crippen LogP contribution in [0.1, 0.15) is 10.4 Å². The van der Waals surface area contributed by atoms with Crippen LogP contribution in [0.25, 0.3) is 0 Å². The van der Waals surface area contributed by atoms with E-state index in [1.165, 1.54) is 0 Å². The minimum atomic E-state index is -0.207. The Kier molecular flexibility index (Phi) is 2.49. The smallest absolute Gasteiger partial charge is 0.251 e. The second-order valence-corrected chi connectivity index (χ2v) is 2.45. The molecule has 0 heterocycles. The molecule has 0 atom stereocenters. The van der Waals surface area contributed by atoms with Crippen LogP contribution >= 0.6 is 11.6 Å². The number of hydrogen-bond acceptors (Lipinski definition) is 1. The lowest BCUT2D eigenvalue weighted by molar-refractivity contribution is 0.0969. The standard InChI is InChI=1S/C8H7ClNO/c1-10-8(11)6-2-4-7(9)5-3-6/h2-5H,1H2,(H,10,11). The third-order valence-electron chi connectivity index (χ3n) is 1.27. The maximum atomic E-state index is 10.9. The van der Waals surface area contributed by atoms with Gasteiger partial charge in [-0.2, -0.15) is 0 Å². The Morgan fingerprint density at radius 2 is 1.91 bits per heavy atom. The van der Waals surface area contributed by atoms with Gasteiger partial charge in [-0.15, -0.1) is 0 Å². The highest BCUT2D eigenvalue weighted by Crippen LogP contribution is 2.08. The van der Waals surface area contributed by atoms with E-state index in [1.807, 2.05) is 0 Å². The molecule has 11 heavy (non-hydrogen) atoms. The summed E-state index contributed by atoms with van der Waals surface area (Å²) in [4.78, 5) is 10.9. The Morgan fingerprint density at radius 3 is 2.36 bits per heavy atom. The lowest BCUT2D eigenvalue weighted by Crippen LogP contribution is -2.14. The molecule has 0 saturated carbocycles. The molecule has 0 saturated heterocycles. The number of rotatable bonds is 1. The highest BCUT2D eigenvalue weighted by molar-refractivity contribution is 6.30. The van der Waals surface area contributed by atoms with E-state index in [0.717, 1.165) is 0 Å². The predicted octanol–water partition coefficient (Wildman–Crippen LogP) is 1.86. The molecule has 0 bridgehead atoms. The van der Waals surface area contributed by atoms with Gasteiger partial charge >= 0.3 is 0 Å². The monoisotopic (exact) mass is 168 g/mol. The topological polar surface area (TPSA) is 29.1 Å². The van der Waals surface area contributed by atoms with Crippen LogP contribution in [-0.2, 0) is 0 Å². The average molecular weight is 169 g/mol. The fourth-order valence-corrected chi connectivity index (χ4v) is 0.829. The summed E-state index contributed by atoms with van der Waals surface area (Å²) in [5.41, 5.74) is 0.560. The van der Waals surface area contributed by atoms with Crippen molar-refractivity contribution in [2.24, 2.45) is 0 Å². The van der Waals surface area contributed by atoms with E-state index >= 15 is 0 Å². The van der Waals surface area contributed by atoms with Crippen LogP contribution in [0.3, 0.4) is 0 Å². The first-order chi connectivity index (χ1) is 5.24. The first kappa shape index (κ1) is 8.08. The van der Waals surface area contributed by atoms with E-state index in [4.69, 9.17) is 11.6 Å². The van der Waals surface area contributed by atoms with Gasteiger partial charge in [0.25, 0.3) is 5.91 Å². The van der Waals surface area contributed by atoms with Gasteiger partial charge in [-0.3, -0.25) is 4.79 Å². The molecule has 2 nitrogen and oxygen atoms in total. The molecule has 1 radical (unpaired) electrons. The van der Waals surface area contributed by atoms with Crippen LogP contribution in [0.4, 0.5) is 0 Å². The zero-order valence-electron chi connectivity index (χ0n) is 5.80. The number of carbonyl (C=O) groups excluding carboxylic acids is 1. The van der Waals surface area contributed by atoms with Crippen molar-refractivity contribution in [3.8, 4) is 0 Å². The van der Waals surface area contributed by atoms with Crippen LogP contribution in [0.5, 0.6) is 0 Å². The van der Waals surface area contributed by atoms with Gasteiger partial charge in [0, 0.05) is 17.6 Å². The second kappa shape index (κ2) is 3.39. The molecule has 1 aromatic rings. The Hall–Kier alpha value is -1.02. The van der Waals surface area contributed by atoms with Crippen molar-refractivity contribution in [2.75, 3.05) is 0 Å². The average Bonchev–Trinajstić information content (AvgIpc) is 2.05. The van der Waals surface area contributed by atoms with Crippen LogP contribution < -0.4 is 5.32 Å². The second-order valence-electron chi connectivity index (χ2n) is 2.01. The van der Waals surface area contributed by atoms with E-state index in [0.29, 0.717) is 10.6 Å². The van der Waals surface area contributed by atoms with Gasteiger partial charge in [0.05, 0.1) is 0 Å². The quantitative estimate of drug-likeness (QED) is 0.682. The summed E-state index contributed by atoms with van der Waals surface area (Å²) in [5.74, 6) is -0.207. The van der Waals surface area contributed by atoms with Gasteiger partial charge in [-0.05, 0) is 24.3 Å². The lowest BCUT2D eigenvalue weighted by atomic mass is 10.2. The largest absolute Gasteiger partial charge is 0.350 e. The molecule has 0 aliphatic rings. The summed E-state index contributed by atoms with van der Waals surface area (Å²) in [6.07, 6.45) is 0. The number of carbonyl (C=O) groups is 1. The molecule has 3 heteroatoms. The molecule has 1 amide bonds. The van der Waals surface area contributed by atoms with E-state index in [1.54, 1.807) is 24.3 Å². The minimum Gasteiger partial charge on any atom is -0.350 e. The maximum absolute atomic E-state index is 10.9. The highest BCUT2D eigenvalue weighted by Gasteiger charge is 2.00. The summed E-state index contributed by atoms with van der Waals surface area (Å²) in [6, 6.07) is 6.60. The first-order valence-corrected chi connectivity index (χ1v) is 3.45. The molecule has 0 aliphatic carbocycles. The summed E-state index contributed by atoms with van der Waals surface area (Å²) in [5, 5.41) is 2.89. The zero-order valence-corrected chi connectivity index (χ0v) is 6.56. The van der Waals surface area contributed by atoms with Crippen molar-refractivity contribution < 1.29 is 4.79 Å². The third-order valence-corrected chi connectivity index (χ3v) is 1.52. The number of halogens is 1. The zero-order chi connectivity index (χ0) is 8.27. The molecule has 1 aromatic carbocycles. The van der Waals surface area contributed by atoms with Crippen molar-refractivity contribution in [1.82, 2.24) is 5.32 Å². The maximum Gasteiger partial charge on any atom is 0.251 e. The molecule has 0 spiro atoms. The Bertz CT molecular complexity index is 255. The molecule has 57 valence electrons. The summed E-state index contributed by atoms with van der Waals surface area (Å²) in [7, 11) is 3.25. The molecule has 0 unspecified atom stereocenters. The molecule has 1 N–H and O–H groups in total. The van der Waals surface area contributed by atoms with Gasteiger partial charge in [0.15, 0.2) is 0 Å². The van der Waals surface area contributed by atoms with Gasteiger partial charge in [0.1, 0.15) is 0 Å². The van der Waals surface area contributed by atoms with Crippen LogP contribution in [0, 0.1) is 7.05 Å². The first-order valence-electron chi connectivity index (χ1n) is 3.07. The summed E-state index contributed by atoms with van der Waals surface area (Å²) >= 11 is 5.61. The highest BCUT2D eigenvalue weighted by atomic mass is 35.5. The molecule has 0 aromatic heterocycles. The van der Waals surface area contributed by atoms with Crippen molar-refractivity contribution in [2.45, 2.75) is 0 Å². The van der Waals surface area contributed by atoms with Crippen LogP contribution in [0.15, 0.2) is 24.3 Å². The number of nitrogens with one attached hydrogen (secondary N) is 1. The number of benzene rings is 1. The van der Waals surface area contributed by atoms with Gasteiger partial charge in [-0.1, -0.05) is 11.6 Å². The van der Waals surface area contributed by atoms with E-state index in [9.17, 15) is 4.79 Å². The molecular formula is C8H7ClNO. The van der Waals surface area contributed by atoms with Crippen molar-refractivity contribution >= 4 is 17.5 Å². The normalized spacial score (nSPS) is 9.27. The van der Waals surface area contributed by atoms with Crippen molar-refractivity contribution in [1.29, 1.82) is 0 Å². The molecule has 0 fully saturated rings. The Balaban J connectivity index is 2.90. The SMILES string of the molecule is [CH2]NC(=O)c1ccc(Cl)cc1. The fourth-order valence-electron chi connectivity index (χ4n) is 0.703. The molecule has 1 rings (SSSR count). The number of amides is 1. The lowest BCUT2D eigenvalue weighted by Gasteiger charge is -1.97. The van der Waals surface area contributed by atoms with Gasteiger partial charge in [-0.25, -0.2) is 0 Å². The van der Waals surface area contributed by atoms with Crippen LogP contribution in [0.2, 0.25) is 5.02 Å².